The lowest BCUT2D eigenvalue weighted by molar-refractivity contribution is -0.133. The Morgan fingerprint density at radius 3 is 2.33 bits per heavy atom. The molecular formula is C14H23N3O. The third-order valence-electron chi connectivity index (χ3n) is 3.01. The van der Waals surface area contributed by atoms with Crippen LogP contribution in [-0.2, 0) is 4.74 Å². The van der Waals surface area contributed by atoms with Crippen LogP contribution < -0.4 is 10.2 Å². The molecule has 1 aromatic heterocycles. The van der Waals surface area contributed by atoms with E-state index in [-0.39, 0.29) is 11.2 Å². The van der Waals surface area contributed by atoms with Gasteiger partial charge in [-0.15, -0.1) is 0 Å². The molecule has 0 atom stereocenters. The first-order valence-corrected chi connectivity index (χ1v) is 6.41. The molecule has 0 amide bonds. The summed E-state index contributed by atoms with van der Waals surface area (Å²) in [5, 5.41) is 3.08. The Morgan fingerprint density at radius 1 is 1.17 bits per heavy atom. The second-order valence-corrected chi connectivity index (χ2v) is 6.11. The maximum absolute atomic E-state index is 6.08. The summed E-state index contributed by atoms with van der Waals surface area (Å²) >= 11 is 0. The smallest absolute Gasteiger partial charge is 0.131 e. The number of hydrogen-bond acceptors (Lipinski definition) is 4. The first kappa shape index (κ1) is 13.1. The van der Waals surface area contributed by atoms with Crippen molar-refractivity contribution in [2.24, 2.45) is 0 Å². The highest BCUT2D eigenvalue weighted by atomic mass is 16.5. The van der Waals surface area contributed by atoms with Crippen LogP contribution >= 0.6 is 0 Å². The SMILES string of the molecule is CNc1cccc(N2CC(C)(C)OC(C)(C)C2)n1. The van der Waals surface area contributed by atoms with Crippen LogP contribution in [0.3, 0.4) is 0 Å². The molecule has 1 fully saturated rings. The van der Waals surface area contributed by atoms with Crippen LogP contribution in [0.15, 0.2) is 18.2 Å². The van der Waals surface area contributed by atoms with Gasteiger partial charge in [-0.1, -0.05) is 6.07 Å². The van der Waals surface area contributed by atoms with E-state index < -0.39 is 0 Å². The fraction of sp³-hybridized carbons (Fsp3) is 0.643. The molecule has 0 saturated carbocycles. The number of rotatable bonds is 2. The molecule has 18 heavy (non-hydrogen) atoms. The molecule has 2 heterocycles. The van der Waals surface area contributed by atoms with Gasteiger partial charge >= 0.3 is 0 Å². The minimum absolute atomic E-state index is 0.154. The van der Waals surface area contributed by atoms with E-state index in [0.29, 0.717) is 0 Å². The minimum atomic E-state index is -0.154. The average molecular weight is 249 g/mol. The highest BCUT2D eigenvalue weighted by Crippen LogP contribution is 2.30. The summed E-state index contributed by atoms with van der Waals surface area (Å²) in [5.41, 5.74) is -0.307. The molecule has 0 unspecified atom stereocenters. The maximum Gasteiger partial charge on any atom is 0.131 e. The van der Waals surface area contributed by atoms with Crippen molar-refractivity contribution in [2.75, 3.05) is 30.4 Å². The fourth-order valence-corrected chi connectivity index (χ4v) is 2.69. The van der Waals surface area contributed by atoms with Crippen molar-refractivity contribution in [1.82, 2.24) is 4.98 Å². The largest absolute Gasteiger partial charge is 0.373 e. The van der Waals surface area contributed by atoms with Gasteiger partial charge in [-0.25, -0.2) is 4.98 Å². The van der Waals surface area contributed by atoms with Crippen LogP contribution in [0.1, 0.15) is 27.7 Å². The Balaban J connectivity index is 2.26. The molecule has 2 rings (SSSR count). The first-order valence-electron chi connectivity index (χ1n) is 6.41. The summed E-state index contributed by atoms with van der Waals surface area (Å²) in [6.07, 6.45) is 0. The number of pyridine rings is 1. The van der Waals surface area contributed by atoms with E-state index in [1.165, 1.54) is 0 Å². The monoisotopic (exact) mass is 249 g/mol. The van der Waals surface area contributed by atoms with E-state index in [4.69, 9.17) is 4.74 Å². The molecule has 1 aromatic rings. The van der Waals surface area contributed by atoms with Crippen LogP contribution in [0.4, 0.5) is 11.6 Å². The topological polar surface area (TPSA) is 37.4 Å². The second-order valence-electron chi connectivity index (χ2n) is 6.11. The predicted octanol–water partition coefficient (Wildman–Crippen LogP) is 2.52. The molecule has 0 bridgehead atoms. The Labute approximate surface area is 109 Å². The average Bonchev–Trinajstić information content (AvgIpc) is 2.25. The van der Waals surface area contributed by atoms with Gasteiger partial charge in [-0.3, -0.25) is 0 Å². The van der Waals surface area contributed by atoms with Gasteiger partial charge in [0.15, 0.2) is 0 Å². The van der Waals surface area contributed by atoms with E-state index in [1.54, 1.807) is 0 Å². The van der Waals surface area contributed by atoms with E-state index in [9.17, 15) is 0 Å². The van der Waals surface area contributed by atoms with Gasteiger partial charge in [0.2, 0.25) is 0 Å². The number of nitrogens with one attached hydrogen (secondary N) is 1. The highest BCUT2D eigenvalue weighted by Gasteiger charge is 2.38. The zero-order valence-corrected chi connectivity index (χ0v) is 11.9. The van der Waals surface area contributed by atoms with E-state index in [1.807, 2.05) is 19.2 Å². The van der Waals surface area contributed by atoms with Gasteiger partial charge in [0, 0.05) is 20.1 Å². The van der Waals surface area contributed by atoms with Gasteiger partial charge in [0.05, 0.1) is 11.2 Å². The number of nitrogens with zero attached hydrogens (tertiary/aromatic N) is 2. The van der Waals surface area contributed by atoms with Crippen LogP contribution in [0, 0.1) is 0 Å². The zero-order chi connectivity index (χ0) is 13.4. The molecule has 1 aliphatic heterocycles. The Morgan fingerprint density at radius 2 is 1.78 bits per heavy atom. The lowest BCUT2D eigenvalue weighted by atomic mass is 9.99. The van der Waals surface area contributed by atoms with Crippen LogP contribution in [0.5, 0.6) is 0 Å². The lowest BCUT2D eigenvalue weighted by Gasteiger charge is -2.47. The van der Waals surface area contributed by atoms with Crippen molar-refractivity contribution in [1.29, 1.82) is 0 Å². The number of aromatic nitrogens is 1. The number of ether oxygens (including phenoxy) is 1. The van der Waals surface area contributed by atoms with Crippen LogP contribution in [0.25, 0.3) is 0 Å². The van der Waals surface area contributed by atoms with Crippen molar-refractivity contribution in [3.05, 3.63) is 18.2 Å². The third kappa shape index (κ3) is 2.93. The van der Waals surface area contributed by atoms with Crippen molar-refractivity contribution in [3.63, 3.8) is 0 Å². The Hall–Kier alpha value is -1.29. The number of hydrogen-bond donors (Lipinski definition) is 1. The van der Waals surface area contributed by atoms with Gasteiger partial charge in [-0.05, 0) is 39.8 Å². The molecule has 0 aromatic carbocycles. The molecule has 1 aliphatic rings. The molecular weight excluding hydrogens is 226 g/mol. The van der Waals surface area contributed by atoms with Crippen LogP contribution in [-0.4, -0.2) is 36.3 Å². The first-order chi connectivity index (χ1) is 8.31. The zero-order valence-electron chi connectivity index (χ0n) is 11.9. The molecule has 100 valence electrons. The molecule has 0 radical (unpaired) electrons. The molecule has 0 aliphatic carbocycles. The quantitative estimate of drug-likeness (QED) is 0.874. The summed E-state index contributed by atoms with van der Waals surface area (Å²) < 4.78 is 6.08. The number of morpholine rings is 1. The van der Waals surface area contributed by atoms with E-state index in [2.05, 4.69) is 49.0 Å². The van der Waals surface area contributed by atoms with Gasteiger partial charge < -0.3 is 15.0 Å². The van der Waals surface area contributed by atoms with Gasteiger partial charge in [-0.2, -0.15) is 0 Å². The Kier molecular flexibility index (Phi) is 3.23. The number of anilines is 2. The van der Waals surface area contributed by atoms with Crippen molar-refractivity contribution in [3.8, 4) is 0 Å². The Bertz CT molecular complexity index is 413. The molecule has 4 heteroatoms. The standard InChI is InChI=1S/C14H23N3O/c1-13(2)9-17(10-14(3,4)18-13)12-8-6-7-11(15-5)16-12/h6-8H,9-10H2,1-5H3,(H,15,16). The van der Waals surface area contributed by atoms with Gasteiger partial charge in [0.25, 0.3) is 0 Å². The van der Waals surface area contributed by atoms with Crippen molar-refractivity contribution < 1.29 is 4.74 Å². The molecule has 4 nitrogen and oxygen atoms in total. The summed E-state index contributed by atoms with van der Waals surface area (Å²) in [7, 11) is 1.89. The fourth-order valence-electron chi connectivity index (χ4n) is 2.69. The lowest BCUT2D eigenvalue weighted by Crippen LogP contribution is -2.57. The molecule has 1 N–H and O–H groups in total. The van der Waals surface area contributed by atoms with Crippen molar-refractivity contribution >= 4 is 11.6 Å². The molecule has 1 saturated heterocycles. The summed E-state index contributed by atoms with van der Waals surface area (Å²) in [4.78, 5) is 6.90. The summed E-state index contributed by atoms with van der Waals surface area (Å²) in [6.45, 7) is 10.2. The van der Waals surface area contributed by atoms with Crippen molar-refractivity contribution in [2.45, 2.75) is 38.9 Å². The summed E-state index contributed by atoms with van der Waals surface area (Å²) in [5.74, 6) is 1.90. The second kappa shape index (κ2) is 4.43. The summed E-state index contributed by atoms with van der Waals surface area (Å²) in [6, 6.07) is 6.06. The normalized spacial score (nSPS) is 21.7. The van der Waals surface area contributed by atoms with E-state index in [0.717, 1.165) is 24.7 Å². The molecule has 0 spiro atoms. The van der Waals surface area contributed by atoms with E-state index >= 15 is 0 Å². The highest BCUT2D eigenvalue weighted by molar-refractivity contribution is 5.47. The maximum atomic E-state index is 6.08. The third-order valence-corrected chi connectivity index (χ3v) is 3.01. The minimum Gasteiger partial charge on any atom is -0.373 e. The van der Waals surface area contributed by atoms with Crippen LogP contribution in [0.2, 0.25) is 0 Å². The van der Waals surface area contributed by atoms with Gasteiger partial charge in [0.1, 0.15) is 11.6 Å². The predicted molar refractivity (Wildman–Crippen MR) is 75.2 cm³/mol.